The number of benzene rings is 2. The van der Waals surface area contributed by atoms with E-state index in [1.165, 1.54) is 95.5 Å². The number of urea groups is 2. The van der Waals surface area contributed by atoms with E-state index < -0.39 is 47.8 Å². The molecule has 3 rings (SSSR count). The van der Waals surface area contributed by atoms with E-state index in [0.29, 0.717) is 6.42 Å². The summed E-state index contributed by atoms with van der Waals surface area (Å²) in [7, 11) is -2.95. The summed E-state index contributed by atoms with van der Waals surface area (Å²) < 4.78 is 26.9. The molecule has 0 saturated heterocycles. The summed E-state index contributed by atoms with van der Waals surface area (Å²) in [4.78, 5) is 37.0. The van der Waals surface area contributed by atoms with Crippen molar-refractivity contribution in [3.05, 3.63) is 58.6 Å². The number of nitro benzene ring substituents is 1. The largest absolute Gasteiger partial charge is 0.481 e. The molecule has 0 fully saturated rings. The fourth-order valence-corrected chi connectivity index (χ4v) is 6.89. The smallest absolute Gasteiger partial charge is 0.258 e. The van der Waals surface area contributed by atoms with Crippen LogP contribution in [0.15, 0.2) is 63.7 Å². The number of azo groups is 1. The number of unbranched alkanes of at least 4 members (excludes halogenated alkanes) is 13. The van der Waals surface area contributed by atoms with Gasteiger partial charge in [0.1, 0.15) is 0 Å². The van der Waals surface area contributed by atoms with Crippen LogP contribution < -0.4 is 4.48 Å². The first-order valence-corrected chi connectivity index (χ1v) is 16.8. The highest BCUT2D eigenvalue weighted by atomic mass is 32.2. The predicted molar refractivity (Wildman–Crippen MR) is 167 cm³/mol. The second-order valence-electron chi connectivity index (χ2n) is 11.1. The number of nitrogens with zero attached hydrogens (tertiary/aromatic N) is 5. The van der Waals surface area contributed by atoms with E-state index in [0.717, 1.165) is 29.6 Å². The van der Waals surface area contributed by atoms with Crippen LogP contribution in [0.4, 0.5) is 26.7 Å². The SMILES string of the molecule is CCCCCCCCCCCCCCCCN(C)S(=O)(=O)c1cccc([N+]2(c3ccccc3)C(=O)N=NC2=O)c1[N+](=O)[O-]. The number of sulfonamides is 1. The number of para-hydroxylation sites is 2. The third kappa shape index (κ3) is 8.18. The van der Waals surface area contributed by atoms with Crippen LogP contribution in [0.25, 0.3) is 0 Å². The third-order valence-corrected chi connectivity index (χ3v) is 9.86. The van der Waals surface area contributed by atoms with Crippen molar-refractivity contribution in [3.8, 4) is 0 Å². The second-order valence-corrected chi connectivity index (χ2v) is 13.1. The summed E-state index contributed by atoms with van der Waals surface area (Å²) in [5.41, 5.74) is -1.22. The van der Waals surface area contributed by atoms with Crippen molar-refractivity contribution in [3.63, 3.8) is 0 Å². The monoisotopic (exact) mass is 614 g/mol. The molecule has 1 heterocycles. The summed E-state index contributed by atoms with van der Waals surface area (Å²) >= 11 is 0. The van der Waals surface area contributed by atoms with Gasteiger partial charge in [-0.3, -0.25) is 10.1 Å². The van der Waals surface area contributed by atoms with E-state index in [1.807, 2.05) is 0 Å². The number of carbonyl (C=O) groups is 2. The lowest BCUT2D eigenvalue weighted by Gasteiger charge is -2.25. The van der Waals surface area contributed by atoms with Crippen LogP contribution in [0.1, 0.15) is 96.8 Å². The van der Waals surface area contributed by atoms with Gasteiger partial charge < -0.3 is 0 Å². The van der Waals surface area contributed by atoms with Gasteiger partial charge in [-0.05, 0) is 22.7 Å². The van der Waals surface area contributed by atoms with Crippen LogP contribution in [0, 0.1) is 10.1 Å². The predicted octanol–water partition coefficient (Wildman–Crippen LogP) is 9.04. The maximum atomic E-state index is 13.6. The number of rotatable bonds is 20. The first-order valence-electron chi connectivity index (χ1n) is 15.4. The average Bonchev–Trinajstić information content (AvgIpc) is 3.30. The van der Waals surface area contributed by atoms with Crippen LogP contribution in [0.2, 0.25) is 0 Å². The van der Waals surface area contributed by atoms with Gasteiger partial charge in [0.2, 0.25) is 15.7 Å². The lowest BCUT2D eigenvalue weighted by Crippen LogP contribution is -2.48. The fraction of sp³-hybridized carbons (Fsp3) is 0.548. The maximum Gasteiger partial charge on any atom is 0.481 e. The van der Waals surface area contributed by atoms with Gasteiger partial charge in [0.25, 0.3) is 0 Å². The minimum Gasteiger partial charge on any atom is -0.258 e. The summed E-state index contributed by atoms with van der Waals surface area (Å²) in [6.45, 7) is 2.42. The van der Waals surface area contributed by atoms with Gasteiger partial charge in [0, 0.05) is 31.8 Å². The minimum absolute atomic E-state index is 0.0657. The molecule has 11 nitrogen and oxygen atoms in total. The Bertz CT molecular complexity index is 1360. The summed E-state index contributed by atoms with van der Waals surface area (Å²) in [6, 6.07) is 9.14. The second kappa shape index (κ2) is 16.5. The molecule has 0 unspecified atom stereocenters. The zero-order valence-corrected chi connectivity index (χ0v) is 26.1. The van der Waals surface area contributed by atoms with Crippen LogP contribution in [-0.2, 0) is 10.0 Å². The van der Waals surface area contributed by atoms with E-state index in [9.17, 15) is 28.1 Å². The Kier molecular flexibility index (Phi) is 13.1. The molecule has 2 aromatic carbocycles. The first kappa shape index (κ1) is 34.1. The van der Waals surface area contributed by atoms with Crippen molar-refractivity contribution >= 4 is 39.1 Å². The average molecular weight is 615 g/mol. The zero-order chi connectivity index (χ0) is 31.3. The van der Waals surface area contributed by atoms with Crippen molar-refractivity contribution < 1.29 is 22.9 Å². The molecule has 0 bridgehead atoms. The molecule has 1 aliphatic heterocycles. The van der Waals surface area contributed by atoms with E-state index in [-0.39, 0.29) is 12.2 Å². The molecule has 0 aromatic heterocycles. The van der Waals surface area contributed by atoms with Crippen LogP contribution in [0.5, 0.6) is 0 Å². The fourth-order valence-electron chi connectivity index (χ4n) is 5.51. The molecule has 2 aromatic rings. The topological polar surface area (TPSA) is 139 Å². The lowest BCUT2D eigenvalue weighted by molar-refractivity contribution is -0.387. The Labute approximate surface area is 254 Å². The van der Waals surface area contributed by atoms with E-state index in [1.54, 1.807) is 18.2 Å². The molecular formula is C31H44N5O6S+. The molecular weight excluding hydrogens is 570 g/mol. The van der Waals surface area contributed by atoms with Gasteiger partial charge in [-0.15, -0.1) is 0 Å². The van der Waals surface area contributed by atoms with Gasteiger partial charge >= 0.3 is 17.7 Å². The van der Waals surface area contributed by atoms with Gasteiger partial charge in [-0.25, -0.2) is 22.3 Å². The van der Waals surface area contributed by atoms with Crippen molar-refractivity contribution in [2.75, 3.05) is 13.6 Å². The van der Waals surface area contributed by atoms with Crippen LogP contribution in [-0.4, -0.2) is 43.3 Å². The summed E-state index contributed by atoms with van der Waals surface area (Å²) in [5, 5.41) is 19.1. The maximum absolute atomic E-state index is 13.6. The van der Waals surface area contributed by atoms with Crippen molar-refractivity contribution in [2.45, 2.75) is 102 Å². The van der Waals surface area contributed by atoms with Crippen LogP contribution in [0.3, 0.4) is 0 Å². The Morgan fingerprint density at radius 1 is 0.744 bits per heavy atom. The molecule has 12 heteroatoms. The number of carbonyl (C=O) groups excluding carboxylic acids is 2. The van der Waals surface area contributed by atoms with Gasteiger partial charge in [0.15, 0.2) is 10.6 Å². The Balaban J connectivity index is 1.62. The standard InChI is InChI=1S/C31H44N5O6S/c1-3-4-5-6-7-8-9-10-11-12-13-14-15-19-25-34(2)43(41,42)28-24-20-23-27(29(28)35(39)40)36(26-21-17-16-18-22-26)30(37)32-33-31(36)38/h16-18,20-24H,3-15,19,25H2,1-2H3/q+1. The number of quaternary nitrogens is 1. The highest BCUT2D eigenvalue weighted by Crippen LogP contribution is 2.47. The van der Waals surface area contributed by atoms with Crippen molar-refractivity contribution in [1.29, 1.82) is 0 Å². The highest BCUT2D eigenvalue weighted by molar-refractivity contribution is 7.89. The molecule has 1 aliphatic rings. The quantitative estimate of drug-likeness (QED) is 0.0631. The van der Waals surface area contributed by atoms with E-state index in [2.05, 4.69) is 17.2 Å². The Hall–Kier alpha value is -3.35. The molecule has 234 valence electrons. The Morgan fingerprint density at radius 3 is 1.72 bits per heavy atom. The molecule has 43 heavy (non-hydrogen) atoms. The van der Waals surface area contributed by atoms with Gasteiger partial charge in [-0.2, -0.15) is 0 Å². The minimum atomic E-state index is -4.33. The molecule has 0 saturated carbocycles. The third-order valence-electron chi connectivity index (χ3n) is 7.97. The molecule has 0 spiro atoms. The molecule has 4 amide bonds. The Morgan fingerprint density at radius 2 is 1.23 bits per heavy atom. The van der Waals surface area contributed by atoms with E-state index in [4.69, 9.17) is 0 Å². The normalized spacial score (nSPS) is 14.6. The van der Waals surface area contributed by atoms with Gasteiger partial charge in [0.05, 0.1) is 4.92 Å². The number of imide groups is 1. The number of hydrogen-bond acceptors (Lipinski definition) is 6. The molecule has 0 radical (unpaired) electrons. The number of hydrogen-bond donors (Lipinski definition) is 0. The van der Waals surface area contributed by atoms with Crippen molar-refractivity contribution in [2.24, 2.45) is 10.2 Å². The number of amides is 4. The molecule has 0 N–H and O–H groups in total. The van der Waals surface area contributed by atoms with E-state index >= 15 is 0 Å². The zero-order valence-electron chi connectivity index (χ0n) is 25.3. The van der Waals surface area contributed by atoms with Crippen LogP contribution >= 0.6 is 0 Å². The van der Waals surface area contributed by atoms with Crippen molar-refractivity contribution in [1.82, 2.24) is 8.79 Å². The molecule has 0 aliphatic carbocycles. The summed E-state index contributed by atoms with van der Waals surface area (Å²) in [5.74, 6) is 0. The first-order chi connectivity index (χ1) is 20.7. The molecule has 0 atom stereocenters. The lowest BCUT2D eigenvalue weighted by atomic mass is 10.0. The summed E-state index contributed by atoms with van der Waals surface area (Å²) in [6.07, 6.45) is 16.4. The highest BCUT2D eigenvalue weighted by Gasteiger charge is 2.59. The van der Waals surface area contributed by atoms with Gasteiger partial charge in [-0.1, -0.05) is 119 Å². The number of nitro groups is 1.